The summed E-state index contributed by atoms with van der Waals surface area (Å²) < 4.78 is 0. The number of benzene rings is 1. The van der Waals surface area contributed by atoms with E-state index in [9.17, 15) is 0 Å². The molecule has 0 amide bonds. The van der Waals surface area contributed by atoms with E-state index in [0.29, 0.717) is 22.6 Å². The normalized spacial score (nSPS) is 13.8. The maximum Gasteiger partial charge on any atom is 0.224 e. The third kappa shape index (κ3) is 3.08. The van der Waals surface area contributed by atoms with Crippen LogP contribution in [0.2, 0.25) is 5.02 Å². The van der Waals surface area contributed by atoms with Gasteiger partial charge in [-0.15, -0.1) is 0 Å². The van der Waals surface area contributed by atoms with E-state index in [4.69, 9.17) is 22.3 Å². The molecule has 0 spiro atoms. The van der Waals surface area contributed by atoms with Crippen LogP contribution < -0.4 is 5.73 Å². The number of anilines is 1. The van der Waals surface area contributed by atoms with E-state index in [1.807, 2.05) is 30.3 Å². The molecule has 4 aromatic rings. The summed E-state index contributed by atoms with van der Waals surface area (Å²) in [4.78, 5) is 22.5. The summed E-state index contributed by atoms with van der Waals surface area (Å²) in [5.41, 5.74) is 9.44. The Bertz CT molecular complexity index is 1150. The Kier molecular flexibility index (Phi) is 3.72. The number of nitrogen functional groups attached to an aromatic ring is 1. The summed E-state index contributed by atoms with van der Waals surface area (Å²) in [5.74, 6) is 1.65. The Balaban J connectivity index is 1.70. The van der Waals surface area contributed by atoms with Crippen LogP contribution >= 0.6 is 11.6 Å². The molecule has 0 saturated heterocycles. The molecule has 0 aliphatic heterocycles. The van der Waals surface area contributed by atoms with Crippen molar-refractivity contribution in [2.75, 3.05) is 5.73 Å². The van der Waals surface area contributed by atoms with Gasteiger partial charge in [0.05, 0.1) is 5.69 Å². The molecule has 7 heteroatoms. The first-order valence-electron chi connectivity index (χ1n) is 8.71. The monoisotopic (exact) mass is 374 g/mol. The predicted molar refractivity (Wildman–Crippen MR) is 105 cm³/mol. The van der Waals surface area contributed by atoms with Crippen LogP contribution in [0.15, 0.2) is 48.7 Å². The molecule has 1 aromatic carbocycles. The van der Waals surface area contributed by atoms with E-state index in [2.05, 4.69) is 19.9 Å². The van der Waals surface area contributed by atoms with Crippen LogP contribution in [0.25, 0.3) is 33.8 Å². The molecule has 1 fully saturated rings. The molecule has 1 aliphatic rings. The minimum absolute atomic E-state index is 0.179. The van der Waals surface area contributed by atoms with Gasteiger partial charge in [0.25, 0.3) is 0 Å². The van der Waals surface area contributed by atoms with Gasteiger partial charge >= 0.3 is 0 Å². The van der Waals surface area contributed by atoms with E-state index < -0.39 is 0 Å². The van der Waals surface area contributed by atoms with Crippen molar-refractivity contribution < 1.29 is 0 Å². The first-order valence-corrected chi connectivity index (χ1v) is 9.09. The Labute approximate surface area is 160 Å². The van der Waals surface area contributed by atoms with Crippen molar-refractivity contribution in [3.8, 4) is 22.8 Å². The number of pyridine rings is 2. The standard InChI is InChI=1S/C20H15ClN6/c21-14-7-5-12(6-8-14)18-25-19(27-20(22)26-18)15-10-13-2-1-9-23-17(13)24-16(15)11-3-4-11/h1-2,5-11H,3-4H2,(H2,22,25,26,27). The minimum Gasteiger partial charge on any atom is -0.368 e. The van der Waals surface area contributed by atoms with Crippen molar-refractivity contribution in [2.45, 2.75) is 18.8 Å². The molecule has 1 aliphatic carbocycles. The Morgan fingerprint density at radius 3 is 2.48 bits per heavy atom. The highest BCUT2D eigenvalue weighted by atomic mass is 35.5. The Morgan fingerprint density at radius 2 is 1.70 bits per heavy atom. The Hall–Kier alpha value is -3.12. The smallest absolute Gasteiger partial charge is 0.224 e. The zero-order valence-corrected chi connectivity index (χ0v) is 15.1. The summed E-state index contributed by atoms with van der Waals surface area (Å²) in [6, 6.07) is 13.3. The van der Waals surface area contributed by atoms with Gasteiger partial charge in [0.2, 0.25) is 5.95 Å². The molecule has 132 valence electrons. The Morgan fingerprint density at radius 1 is 0.926 bits per heavy atom. The second-order valence-corrected chi connectivity index (χ2v) is 7.03. The van der Waals surface area contributed by atoms with Gasteiger partial charge in [-0.25, -0.2) is 15.0 Å². The molecule has 0 bridgehead atoms. The van der Waals surface area contributed by atoms with Crippen molar-refractivity contribution in [1.29, 1.82) is 0 Å². The zero-order valence-electron chi connectivity index (χ0n) is 14.3. The minimum atomic E-state index is 0.179. The van der Waals surface area contributed by atoms with E-state index in [1.165, 1.54) is 0 Å². The molecule has 2 N–H and O–H groups in total. The van der Waals surface area contributed by atoms with Crippen LogP contribution in [-0.2, 0) is 0 Å². The van der Waals surface area contributed by atoms with Crippen molar-refractivity contribution in [1.82, 2.24) is 24.9 Å². The van der Waals surface area contributed by atoms with E-state index in [0.717, 1.165) is 40.7 Å². The fourth-order valence-electron chi connectivity index (χ4n) is 3.11. The number of fused-ring (bicyclic) bond motifs is 1. The van der Waals surface area contributed by atoms with Crippen molar-refractivity contribution >= 4 is 28.6 Å². The second kappa shape index (κ2) is 6.25. The van der Waals surface area contributed by atoms with Gasteiger partial charge in [-0.2, -0.15) is 9.97 Å². The molecule has 0 unspecified atom stereocenters. The molecular formula is C20H15ClN6. The second-order valence-electron chi connectivity index (χ2n) is 6.59. The van der Waals surface area contributed by atoms with Gasteiger partial charge in [-0.1, -0.05) is 11.6 Å². The summed E-state index contributed by atoms with van der Waals surface area (Å²) in [6.45, 7) is 0. The largest absolute Gasteiger partial charge is 0.368 e. The number of nitrogens with two attached hydrogens (primary N) is 1. The van der Waals surface area contributed by atoms with Crippen LogP contribution in [-0.4, -0.2) is 24.9 Å². The lowest BCUT2D eigenvalue weighted by Crippen LogP contribution is -2.04. The number of hydrogen-bond donors (Lipinski definition) is 1. The summed E-state index contributed by atoms with van der Waals surface area (Å²) in [5, 5.41) is 1.60. The lowest BCUT2D eigenvalue weighted by Gasteiger charge is -2.10. The zero-order chi connectivity index (χ0) is 18.4. The van der Waals surface area contributed by atoms with E-state index in [-0.39, 0.29) is 5.95 Å². The summed E-state index contributed by atoms with van der Waals surface area (Å²) in [6.07, 6.45) is 3.98. The van der Waals surface area contributed by atoms with Gasteiger partial charge in [0, 0.05) is 33.7 Å². The van der Waals surface area contributed by atoms with Crippen LogP contribution in [0, 0.1) is 0 Å². The third-order valence-corrected chi connectivity index (χ3v) is 4.83. The first kappa shape index (κ1) is 16.1. The average Bonchev–Trinajstić information content (AvgIpc) is 3.52. The number of aromatic nitrogens is 5. The average molecular weight is 375 g/mol. The van der Waals surface area contributed by atoms with Crippen LogP contribution in [0.4, 0.5) is 5.95 Å². The van der Waals surface area contributed by atoms with Gasteiger partial charge < -0.3 is 5.73 Å². The van der Waals surface area contributed by atoms with Crippen molar-refractivity contribution in [3.05, 3.63) is 59.4 Å². The van der Waals surface area contributed by atoms with Crippen LogP contribution in [0.5, 0.6) is 0 Å². The van der Waals surface area contributed by atoms with Gasteiger partial charge in [-0.3, -0.25) is 0 Å². The molecular weight excluding hydrogens is 360 g/mol. The molecule has 1 saturated carbocycles. The highest BCUT2D eigenvalue weighted by molar-refractivity contribution is 6.30. The fraction of sp³-hybridized carbons (Fsp3) is 0.150. The van der Waals surface area contributed by atoms with E-state index in [1.54, 1.807) is 18.3 Å². The maximum atomic E-state index is 6.00. The number of halogens is 1. The van der Waals surface area contributed by atoms with Crippen molar-refractivity contribution in [2.24, 2.45) is 0 Å². The summed E-state index contributed by atoms with van der Waals surface area (Å²) in [7, 11) is 0. The number of nitrogens with zero attached hydrogens (tertiary/aromatic N) is 5. The topological polar surface area (TPSA) is 90.5 Å². The molecule has 5 rings (SSSR count). The van der Waals surface area contributed by atoms with Crippen LogP contribution in [0.3, 0.4) is 0 Å². The fourth-order valence-corrected chi connectivity index (χ4v) is 3.23. The SMILES string of the molecule is Nc1nc(-c2ccc(Cl)cc2)nc(-c2cc3cccnc3nc2C2CC2)n1. The first-order chi connectivity index (χ1) is 13.2. The molecule has 27 heavy (non-hydrogen) atoms. The molecule has 0 radical (unpaired) electrons. The van der Waals surface area contributed by atoms with Gasteiger partial charge in [-0.05, 0) is 55.3 Å². The van der Waals surface area contributed by atoms with E-state index >= 15 is 0 Å². The highest BCUT2D eigenvalue weighted by Gasteiger charge is 2.29. The molecule has 3 aromatic heterocycles. The highest BCUT2D eigenvalue weighted by Crippen LogP contribution is 2.43. The van der Waals surface area contributed by atoms with Gasteiger partial charge in [0.15, 0.2) is 17.3 Å². The summed E-state index contributed by atoms with van der Waals surface area (Å²) >= 11 is 5.98. The molecule has 3 heterocycles. The maximum absolute atomic E-state index is 6.00. The molecule has 6 nitrogen and oxygen atoms in total. The van der Waals surface area contributed by atoms with Crippen molar-refractivity contribution in [3.63, 3.8) is 0 Å². The van der Waals surface area contributed by atoms with Gasteiger partial charge in [0.1, 0.15) is 0 Å². The number of hydrogen-bond acceptors (Lipinski definition) is 6. The lowest BCUT2D eigenvalue weighted by atomic mass is 10.1. The predicted octanol–water partition coefficient (Wildman–Crippen LogP) is 4.26. The third-order valence-electron chi connectivity index (χ3n) is 4.58. The molecule has 0 atom stereocenters. The van der Waals surface area contributed by atoms with Crippen LogP contribution in [0.1, 0.15) is 24.5 Å². The quantitative estimate of drug-likeness (QED) is 0.576. The lowest BCUT2D eigenvalue weighted by molar-refractivity contribution is 1.01. The number of rotatable bonds is 3.